The molecule has 0 aliphatic heterocycles. The van der Waals surface area contributed by atoms with Gasteiger partial charge in [0.25, 0.3) is 0 Å². The summed E-state index contributed by atoms with van der Waals surface area (Å²) in [4.78, 5) is 11.1. The van der Waals surface area contributed by atoms with Gasteiger partial charge < -0.3 is 13.7 Å². The molecule has 9 aromatic rings. The first kappa shape index (κ1) is 25.3. The molecule has 4 aromatic heterocycles. The molecule has 0 bridgehead atoms. The van der Waals surface area contributed by atoms with Crippen molar-refractivity contribution in [2.45, 2.75) is 0 Å². The van der Waals surface area contributed by atoms with Crippen molar-refractivity contribution in [3.63, 3.8) is 0 Å². The second-order valence-electron chi connectivity index (χ2n) is 11.1. The number of hydrogen-bond donors (Lipinski definition) is 0. The van der Waals surface area contributed by atoms with Gasteiger partial charge in [-0.25, -0.2) is 9.97 Å². The molecule has 0 saturated carbocycles. The Balaban J connectivity index is 1.15. The van der Waals surface area contributed by atoms with Crippen LogP contribution >= 0.6 is 0 Å². The van der Waals surface area contributed by atoms with Gasteiger partial charge in [0.2, 0.25) is 11.4 Å². The molecule has 0 N–H and O–H groups in total. The molecular weight excluding hydrogens is 554 g/mol. The number of nitrogens with zero attached hydrogens (tertiary/aromatic N) is 3. The van der Waals surface area contributed by atoms with Gasteiger partial charge in [0.05, 0.1) is 0 Å². The lowest BCUT2D eigenvalue weighted by molar-refractivity contribution is 0.653. The van der Waals surface area contributed by atoms with Crippen LogP contribution in [0.25, 0.3) is 66.4 Å². The molecule has 5 heteroatoms. The molecule has 0 radical (unpaired) electrons. The van der Waals surface area contributed by atoms with Gasteiger partial charge in [0.15, 0.2) is 0 Å². The third-order valence-electron chi connectivity index (χ3n) is 8.43. The molecule has 5 aromatic carbocycles. The lowest BCUT2D eigenvalue weighted by Crippen LogP contribution is -2.09. The van der Waals surface area contributed by atoms with E-state index >= 15 is 0 Å². The van der Waals surface area contributed by atoms with Gasteiger partial charge in [-0.1, -0.05) is 66.7 Å². The second-order valence-corrected chi connectivity index (χ2v) is 11.1. The summed E-state index contributed by atoms with van der Waals surface area (Å²) in [5, 5.41) is 4.05. The quantitative estimate of drug-likeness (QED) is 0.203. The fourth-order valence-electron chi connectivity index (χ4n) is 6.21. The molecule has 45 heavy (non-hydrogen) atoms. The molecular formula is C40H25N3O2. The summed E-state index contributed by atoms with van der Waals surface area (Å²) in [6.07, 6.45) is 3.51. The van der Waals surface area contributed by atoms with Crippen LogP contribution in [-0.2, 0) is 0 Å². The zero-order valence-corrected chi connectivity index (χ0v) is 24.1. The van der Waals surface area contributed by atoms with E-state index in [4.69, 9.17) is 8.83 Å². The fraction of sp³-hybridized carbons (Fsp3) is 0. The van der Waals surface area contributed by atoms with Crippen LogP contribution in [0, 0.1) is 0 Å². The Bertz CT molecular complexity index is 2480. The van der Waals surface area contributed by atoms with Crippen molar-refractivity contribution >= 4 is 61.2 Å². The topological polar surface area (TPSA) is 55.3 Å². The minimum atomic E-state index is 0.634. The Hall–Kier alpha value is -6.20. The van der Waals surface area contributed by atoms with E-state index < -0.39 is 0 Å². The van der Waals surface area contributed by atoms with E-state index in [0.717, 1.165) is 55.3 Å². The minimum absolute atomic E-state index is 0.634. The maximum Gasteiger partial charge on any atom is 0.227 e. The third kappa shape index (κ3) is 4.33. The molecule has 0 aliphatic rings. The summed E-state index contributed by atoms with van der Waals surface area (Å²) in [7, 11) is 0. The maximum atomic E-state index is 6.19. The Labute approximate surface area is 258 Å². The van der Waals surface area contributed by atoms with Gasteiger partial charge in [0, 0.05) is 57.1 Å². The van der Waals surface area contributed by atoms with Crippen molar-refractivity contribution in [3.8, 4) is 22.3 Å². The second kappa shape index (κ2) is 10.2. The number of rotatable bonds is 5. The minimum Gasteiger partial charge on any atom is -0.438 e. The average Bonchev–Trinajstić information content (AvgIpc) is 3.67. The van der Waals surface area contributed by atoms with Gasteiger partial charge in [-0.15, -0.1) is 0 Å². The van der Waals surface area contributed by atoms with Crippen molar-refractivity contribution in [3.05, 3.63) is 152 Å². The standard InChI is InChI=1S/C40H25N3O2/c1-2-6-26(7-3-1)27-10-12-28(13-11-27)29-14-16-30(17-15-29)43(31-19-21-37-36(24-31)35-9-5-23-42-40(35)44-37)32-18-20-33-34-8-4-22-41-39(34)45-38(33)25-32/h1-25H. The molecule has 0 unspecified atom stereocenters. The smallest absolute Gasteiger partial charge is 0.227 e. The Kier molecular flexibility index (Phi) is 5.74. The molecule has 0 aliphatic carbocycles. The summed E-state index contributed by atoms with van der Waals surface area (Å²) in [5.74, 6) is 0. The van der Waals surface area contributed by atoms with Gasteiger partial charge in [0.1, 0.15) is 11.2 Å². The lowest BCUT2D eigenvalue weighted by atomic mass is 10.00. The molecule has 0 saturated heterocycles. The largest absolute Gasteiger partial charge is 0.438 e. The van der Waals surface area contributed by atoms with Crippen LogP contribution in [0.4, 0.5) is 17.1 Å². The molecule has 212 valence electrons. The predicted octanol–water partition coefficient (Wildman–Crippen LogP) is 11.1. The van der Waals surface area contributed by atoms with Gasteiger partial charge in [-0.2, -0.15) is 0 Å². The van der Waals surface area contributed by atoms with Crippen LogP contribution in [0.15, 0.2) is 161 Å². The van der Waals surface area contributed by atoms with Crippen molar-refractivity contribution in [2.75, 3.05) is 4.90 Å². The van der Waals surface area contributed by atoms with Crippen LogP contribution in [0.5, 0.6) is 0 Å². The summed E-state index contributed by atoms with van der Waals surface area (Å²) >= 11 is 0. The first-order valence-corrected chi connectivity index (χ1v) is 14.9. The van der Waals surface area contributed by atoms with Crippen molar-refractivity contribution in [1.82, 2.24) is 9.97 Å². The number of aromatic nitrogens is 2. The van der Waals surface area contributed by atoms with Crippen LogP contribution < -0.4 is 4.90 Å². The van der Waals surface area contributed by atoms with Crippen LogP contribution in [0.1, 0.15) is 0 Å². The average molecular weight is 580 g/mol. The van der Waals surface area contributed by atoms with Crippen LogP contribution in [0.2, 0.25) is 0 Å². The molecule has 4 heterocycles. The summed E-state index contributed by atoms with van der Waals surface area (Å²) in [6.45, 7) is 0. The number of fused-ring (bicyclic) bond motifs is 6. The molecule has 0 atom stereocenters. The zero-order chi connectivity index (χ0) is 29.7. The first-order valence-electron chi connectivity index (χ1n) is 14.9. The normalized spacial score (nSPS) is 11.6. The Morgan fingerprint density at radius 1 is 0.378 bits per heavy atom. The fourth-order valence-corrected chi connectivity index (χ4v) is 6.21. The van der Waals surface area contributed by atoms with E-state index in [-0.39, 0.29) is 0 Å². The van der Waals surface area contributed by atoms with Crippen molar-refractivity contribution in [2.24, 2.45) is 0 Å². The van der Waals surface area contributed by atoms with Crippen molar-refractivity contribution in [1.29, 1.82) is 0 Å². The molecule has 0 spiro atoms. The van der Waals surface area contributed by atoms with E-state index in [1.165, 1.54) is 16.7 Å². The highest BCUT2D eigenvalue weighted by Crippen LogP contribution is 2.41. The SMILES string of the molecule is c1ccc(-c2ccc(-c3ccc(N(c4ccc5c(c4)oc4ncccc45)c4ccc5oc6ncccc6c5c4)cc3)cc2)cc1. The maximum absolute atomic E-state index is 6.19. The van der Waals surface area contributed by atoms with Gasteiger partial charge >= 0.3 is 0 Å². The highest BCUT2D eigenvalue weighted by Gasteiger charge is 2.18. The number of furan rings is 2. The number of pyridine rings is 2. The summed E-state index contributed by atoms with van der Waals surface area (Å²) in [6, 6.07) is 48.5. The number of anilines is 3. The Morgan fingerprint density at radius 3 is 1.60 bits per heavy atom. The molecule has 0 amide bonds. The van der Waals surface area contributed by atoms with Crippen molar-refractivity contribution < 1.29 is 8.83 Å². The van der Waals surface area contributed by atoms with E-state index in [9.17, 15) is 0 Å². The van der Waals surface area contributed by atoms with Crippen LogP contribution in [-0.4, -0.2) is 9.97 Å². The molecule has 0 fully saturated rings. The zero-order valence-electron chi connectivity index (χ0n) is 24.1. The van der Waals surface area contributed by atoms with E-state index in [1.54, 1.807) is 12.4 Å². The lowest BCUT2D eigenvalue weighted by Gasteiger charge is -2.25. The number of hydrogen-bond acceptors (Lipinski definition) is 5. The third-order valence-corrected chi connectivity index (χ3v) is 8.43. The summed E-state index contributed by atoms with van der Waals surface area (Å²) < 4.78 is 12.2. The van der Waals surface area contributed by atoms with E-state index in [2.05, 4.69) is 118 Å². The Morgan fingerprint density at radius 2 is 0.911 bits per heavy atom. The number of benzene rings is 5. The van der Waals surface area contributed by atoms with E-state index in [0.29, 0.717) is 11.4 Å². The van der Waals surface area contributed by atoms with Gasteiger partial charge in [-0.3, -0.25) is 0 Å². The molecule has 9 rings (SSSR count). The molecule has 5 nitrogen and oxygen atoms in total. The summed E-state index contributed by atoms with van der Waals surface area (Å²) in [5.41, 5.74) is 10.6. The predicted molar refractivity (Wildman–Crippen MR) is 182 cm³/mol. The van der Waals surface area contributed by atoms with Crippen LogP contribution in [0.3, 0.4) is 0 Å². The highest BCUT2D eigenvalue weighted by molar-refractivity contribution is 6.07. The van der Waals surface area contributed by atoms with E-state index in [1.807, 2.05) is 36.4 Å². The van der Waals surface area contributed by atoms with Gasteiger partial charge in [-0.05, 0) is 89.0 Å². The monoisotopic (exact) mass is 579 g/mol. The first-order chi connectivity index (χ1) is 22.3. The highest BCUT2D eigenvalue weighted by atomic mass is 16.3.